The van der Waals surface area contributed by atoms with Crippen molar-refractivity contribution in [2.45, 2.75) is 6.18 Å². The molecule has 5 nitrogen and oxygen atoms in total. The van der Waals surface area contributed by atoms with E-state index in [1.807, 2.05) is 0 Å². The maximum absolute atomic E-state index is 14.0. The van der Waals surface area contributed by atoms with E-state index in [-0.39, 0.29) is 11.5 Å². The van der Waals surface area contributed by atoms with Gasteiger partial charge in [-0.25, -0.2) is 14.4 Å². The molecule has 0 aliphatic heterocycles. The molecule has 136 valence electrons. The van der Waals surface area contributed by atoms with Crippen molar-refractivity contribution in [2.24, 2.45) is 0 Å². The Morgan fingerprint density at radius 2 is 1.65 bits per heavy atom. The molecule has 0 unspecified atom stereocenters. The van der Waals surface area contributed by atoms with E-state index in [0.29, 0.717) is 34.5 Å². The lowest BCUT2D eigenvalue weighted by molar-refractivity contribution is -0.137. The van der Waals surface area contributed by atoms with Crippen LogP contribution in [0.5, 0.6) is 11.5 Å². The summed E-state index contributed by atoms with van der Waals surface area (Å²) in [5, 5.41) is 3.03. The molecule has 0 fully saturated rings. The van der Waals surface area contributed by atoms with E-state index in [9.17, 15) is 17.6 Å². The third-order valence-corrected chi connectivity index (χ3v) is 3.69. The maximum Gasteiger partial charge on any atom is 0.416 e. The predicted molar refractivity (Wildman–Crippen MR) is 87.3 cm³/mol. The smallest absolute Gasteiger partial charge is 0.416 e. The average molecular weight is 367 g/mol. The van der Waals surface area contributed by atoms with Crippen molar-refractivity contribution in [1.29, 1.82) is 0 Å². The number of anilines is 2. The second-order valence-electron chi connectivity index (χ2n) is 5.26. The van der Waals surface area contributed by atoms with Gasteiger partial charge < -0.3 is 14.8 Å². The third kappa shape index (κ3) is 3.32. The lowest BCUT2D eigenvalue weighted by Gasteiger charge is -2.14. The average Bonchev–Trinajstić information content (AvgIpc) is 2.61. The molecule has 0 radical (unpaired) electrons. The highest BCUT2D eigenvalue weighted by atomic mass is 19.4. The lowest BCUT2D eigenvalue weighted by Crippen LogP contribution is -2.07. The first kappa shape index (κ1) is 17.7. The highest BCUT2D eigenvalue weighted by Gasteiger charge is 2.31. The van der Waals surface area contributed by atoms with Crippen molar-refractivity contribution >= 4 is 22.4 Å². The Balaban J connectivity index is 2.09. The van der Waals surface area contributed by atoms with Gasteiger partial charge in [0.15, 0.2) is 11.5 Å². The summed E-state index contributed by atoms with van der Waals surface area (Å²) in [7, 11) is 2.90. The van der Waals surface area contributed by atoms with Crippen LogP contribution in [0.4, 0.5) is 29.1 Å². The molecule has 3 aromatic rings. The zero-order valence-corrected chi connectivity index (χ0v) is 13.7. The molecule has 0 bridgehead atoms. The van der Waals surface area contributed by atoms with Gasteiger partial charge in [0.2, 0.25) is 0 Å². The fourth-order valence-electron chi connectivity index (χ4n) is 2.41. The largest absolute Gasteiger partial charge is 0.493 e. The molecule has 0 saturated heterocycles. The van der Waals surface area contributed by atoms with Crippen LogP contribution in [0.2, 0.25) is 0 Å². The van der Waals surface area contributed by atoms with E-state index >= 15 is 0 Å². The molecule has 1 aromatic heterocycles. The first-order chi connectivity index (χ1) is 12.3. The number of benzene rings is 2. The van der Waals surface area contributed by atoms with Gasteiger partial charge >= 0.3 is 6.18 Å². The standard InChI is InChI=1S/C17H13F4N3O2/c1-25-14-6-10-12(7-15(14)26-2)22-8-23-16(10)24-13-5-9(17(19,20)21)3-4-11(13)18/h3-8H,1-2H3,(H,22,23,24). The highest BCUT2D eigenvalue weighted by molar-refractivity contribution is 5.93. The maximum atomic E-state index is 14.0. The zero-order chi connectivity index (χ0) is 18.9. The van der Waals surface area contributed by atoms with Crippen molar-refractivity contribution in [1.82, 2.24) is 9.97 Å². The number of halogens is 4. The van der Waals surface area contributed by atoms with E-state index in [1.54, 1.807) is 12.1 Å². The summed E-state index contributed by atoms with van der Waals surface area (Å²) in [6.07, 6.45) is -3.38. The van der Waals surface area contributed by atoms with Gasteiger partial charge in [-0.2, -0.15) is 13.2 Å². The number of fused-ring (bicyclic) bond motifs is 1. The SMILES string of the molecule is COc1cc2ncnc(Nc3cc(C(F)(F)F)ccc3F)c2cc1OC. The lowest BCUT2D eigenvalue weighted by atomic mass is 10.1. The quantitative estimate of drug-likeness (QED) is 0.686. The minimum Gasteiger partial charge on any atom is -0.493 e. The van der Waals surface area contributed by atoms with Gasteiger partial charge in [-0.05, 0) is 24.3 Å². The molecule has 0 saturated carbocycles. The van der Waals surface area contributed by atoms with E-state index in [0.717, 1.165) is 6.07 Å². The molecule has 0 atom stereocenters. The van der Waals surface area contributed by atoms with Gasteiger partial charge in [0.05, 0.1) is 31.0 Å². The van der Waals surface area contributed by atoms with E-state index in [4.69, 9.17) is 9.47 Å². The molecule has 3 rings (SSSR count). The Kier molecular flexibility index (Phi) is 4.54. The Morgan fingerprint density at radius 1 is 0.962 bits per heavy atom. The summed E-state index contributed by atoms with van der Waals surface area (Å²) >= 11 is 0. The molecule has 26 heavy (non-hydrogen) atoms. The minimum absolute atomic E-state index is 0.133. The van der Waals surface area contributed by atoms with Crippen molar-refractivity contribution < 1.29 is 27.0 Å². The van der Waals surface area contributed by atoms with Gasteiger partial charge in [-0.15, -0.1) is 0 Å². The summed E-state index contributed by atoms with van der Waals surface area (Å²) in [5.41, 5.74) is -0.874. The van der Waals surface area contributed by atoms with E-state index < -0.39 is 17.6 Å². The van der Waals surface area contributed by atoms with Crippen LogP contribution < -0.4 is 14.8 Å². The Labute approximate surface area is 145 Å². The fourth-order valence-corrected chi connectivity index (χ4v) is 2.41. The molecular formula is C17H13F4N3O2. The monoisotopic (exact) mass is 367 g/mol. The Morgan fingerprint density at radius 3 is 2.31 bits per heavy atom. The zero-order valence-electron chi connectivity index (χ0n) is 13.7. The number of methoxy groups -OCH3 is 2. The number of alkyl halides is 3. The number of nitrogens with zero attached hydrogens (tertiary/aromatic N) is 2. The molecule has 0 aliphatic rings. The summed E-state index contributed by atoms with van der Waals surface area (Å²) in [6, 6.07) is 5.25. The minimum atomic E-state index is -4.59. The van der Waals surface area contributed by atoms with Crippen LogP contribution in [-0.4, -0.2) is 24.2 Å². The second kappa shape index (κ2) is 6.66. The van der Waals surface area contributed by atoms with E-state index in [2.05, 4.69) is 15.3 Å². The Hall–Kier alpha value is -3.10. The molecule has 2 aromatic carbocycles. The first-order valence-electron chi connectivity index (χ1n) is 7.34. The normalized spacial score (nSPS) is 11.5. The number of hydrogen-bond acceptors (Lipinski definition) is 5. The molecule has 9 heteroatoms. The summed E-state index contributed by atoms with van der Waals surface area (Å²) < 4.78 is 63.0. The summed E-state index contributed by atoms with van der Waals surface area (Å²) in [4.78, 5) is 8.09. The summed E-state index contributed by atoms with van der Waals surface area (Å²) in [5.74, 6) is 0.0941. The van der Waals surface area contributed by atoms with Crippen LogP contribution in [0.3, 0.4) is 0 Å². The number of nitrogens with one attached hydrogen (secondary N) is 1. The van der Waals surface area contributed by atoms with E-state index in [1.165, 1.54) is 20.5 Å². The van der Waals surface area contributed by atoms with Crippen molar-refractivity contribution in [2.75, 3.05) is 19.5 Å². The Bertz CT molecular complexity index is 961. The van der Waals surface area contributed by atoms with Gasteiger partial charge in [0, 0.05) is 11.5 Å². The first-order valence-corrected chi connectivity index (χ1v) is 7.34. The van der Waals surface area contributed by atoms with Crippen LogP contribution in [0.15, 0.2) is 36.7 Å². The fraction of sp³-hybridized carbons (Fsp3) is 0.176. The highest BCUT2D eigenvalue weighted by Crippen LogP contribution is 2.36. The molecule has 0 aliphatic carbocycles. The second-order valence-corrected chi connectivity index (χ2v) is 5.26. The van der Waals surface area contributed by atoms with Crippen LogP contribution in [0.1, 0.15) is 5.56 Å². The van der Waals surface area contributed by atoms with Crippen LogP contribution in [0.25, 0.3) is 10.9 Å². The van der Waals surface area contributed by atoms with Crippen molar-refractivity contribution in [3.8, 4) is 11.5 Å². The number of hydrogen-bond donors (Lipinski definition) is 1. The van der Waals surface area contributed by atoms with Crippen LogP contribution in [0, 0.1) is 5.82 Å². The summed E-state index contributed by atoms with van der Waals surface area (Å²) in [6.45, 7) is 0. The van der Waals surface area contributed by atoms with Gasteiger partial charge in [0.25, 0.3) is 0 Å². The number of ether oxygens (including phenoxy) is 2. The molecule has 1 heterocycles. The van der Waals surface area contributed by atoms with Gasteiger partial charge in [-0.3, -0.25) is 0 Å². The molecule has 0 spiro atoms. The van der Waals surface area contributed by atoms with Gasteiger partial charge in [0.1, 0.15) is 18.0 Å². The van der Waals surface area contributed by atoms with Crippen molar-refractivity contribution in [3.63, 3.8) is 0 Å². The van der Waals surface area contributed by atoms with Crippen molar-refractivity contribution in [3.05, 3.63) is 48.0 Å². The predicted octanol–water partition coefficient (Wildman–Crippen LogP) is 4.55. The number of rotatable bonds is 4. The molecular weight excluding hydrogens is 354 g/mol. The number of aromatic nitrogens is 2. The van der Waals surface area contributed by atoms with Crippen LogP contribution >= 0.6 is 0 Å². The molecule has 0 amide bonds. The topological polar surface area (TPSA) is 56.3 Å². The van der Waals surface area contributed by atoms with Crippen LogP contribution in [-0.2, 0) is 6.18 Å². The van der Waals surface area contributed by atoms with Gasteiger partial charge in [-0.1, -0.05) is 0 Å². The molecule has 1 N–H and O–H groups in total. The third-order valence-electron chi connectivity index (χ3n) is 3.69.